The minimum absolute atomic E-state index is 0.0139. The van der Waals surface area contributed by atoms with E-state index in [9.17, 15) is 26.8 Å². The monoisotopic (exact) mass is 603 g/mol. The Bertz CT molecular complexity index is 1630. The quantitative estimate of drug-likeness (QED) is 0.304. The number of carbonyl (C=O) groups excluding carboxylic acids is 2. The van der Waals surface area contributed by atoms with Gasteiger partial charge in [0.25, 0.3) is 15.9 Å². The van der Waals surface area contributed by atoms with Crippen molar-refractivity contribution in [2.24, 2.45) is 0 Å². The molecular weight excluding hydrogens is 572 g/mol. The number of rotatable bonds is 8. The molecule has 0 atom stereocenters. The van der Waals surface area contributed by atoms with Crippen molar-refractivity contribution in [3.8, 4) is 0 Å². The zero-order valence-electron chi connectivity index (χ0n) is 23.3. The van der Waals surface area contributed by atoms with E-state index in [4.69, 9.17) is 4.74 Å². The van der Waals surface area contributed by atoms with Crippen LogP contribution in [0.5, 0.6) is 0 Å². The number of aromatic nitrogens is 2. The average Bonchev–Trinajstić information content (AvgIpc) is 3.46. The maximum atomic E-state index is 13.9. The van der Waals surface area contributed by atoms with E-state index in [-0.39, 0.29) is 41.8 Å². The number of hydrogen-bond donors (Lipinski definition) is 4. The van der Waals surface area contributed by atoms with Gasteiger partial charge in [-0.15, -0.1) is 5.10 Å². The van der Waals surface area contributed by atoms with Crippen molar-refractivity contribution in [1.29, 1.82) is 0 Å². The van der Waals surface area contributed by atoms with Crippen LogP contribution in [0.3, 0.4) is 0 Å². The Balaban J connectivity index is 1.53. The van der Waals surface area contributed by atoms with Crippen molar-refractivity contribution in [2.75, 3.05) is 55.4 Å². The van der Waals surface area contributed by atoms with Gasteiger partial charge in [-0.05, 0) is 51.2 Å². The number of carbonyl (C=O) groups is 2. The zero-order valence-corrected chi connectivity index (χ0v) is 24.1. The summed E-state index contributed by atoms with van der Waals surface area (Å²) in [5.74, 6) is -3.17. The second-order valence-corrected chi connectivity index (χ2v) is 12.2. The smallest absolute Gasteiger partial charge is 0.283 e. The lowest BCUT2D eigenvalue weighted by molar-refractivity contribution is -0.115. The first-order valence-electron chi connectivity index (χ1n) is 13.2. The van der Waals surface area contributed by atoms with Gasteiger partial charge in [-0.2, -0.15) is 12.5 Å². The molecule has 1 fully saturated rings. The van der Waals surface area contributed by atoms with Gasteiger partial charge in [0, 0.05) is 37.0 Å². The number of hydrogen-bond acceptors (Lipinski definition) is 9. The van der Waals surface area contributed by atoms with Gasteiger partial charge >= 0.3 is 0 Å². The lowest BCUT2D eigenvalue weighted by Crippen LogP contribution is -2.36. The molecule has 3 aromatic rings. The second kappa shape index (κ2) is 11.4. The molecule has 0 unspecified atom stereocenters. The number of nitrogens with zero attached hydrogens (tertiary/aromatic N) is 3. The fraction of sp³-hybridized carbons (Fsp3) is 0.370. The van der Waals surface area contributed by atoms with Crippen molar-refractivity contribution in [3.63, 3.8) is 0 Å². The Hall–Kier alpha value is -3.92. The lowest BCUT2D eigenvalue weighted by Gasteiger charge is -2.29. The van der Waals surface area contributed by atoms with Crippen LogP contribution in [0.2, 0.25) is 0 Å². The molecule has 0 aliphatic carbocycles. The molecule has 2 aliphatic rings. The van der Waals surface area contributed by atoms with Gasteiger partial charge in [-0.3, -0.25) is 9.59 Å². The number of benzene rings is 2. The van der Waals surface area contributed by atoms with E-state index in [2.05, 4.69) is 31.3 Å². The van der Waals surface area contributed by atoms with Crippen LogP contribution in [0, 0.1) is 11.6 Å². The molecule has 1 aromatic heterocycles. The van der Waals surface area contributed by atoms with Gasteiger partial charge in [0.05, 0.1) is 47.1 Å². The SMILES string of the molecule is CNCC(=O)Nc1cc(N2CCOCC2)ccc1C(=O)Nc1nn(S(=O)(=O)c2cc(F)cc(F)c2)c2c1CNC2(C)C. The molecule has 0 saturated carbocycles. The topological polar surface area (TPSA) is 147 Å². The van der Waals surface area contributed by atoms with Crippen LogP contribution in [0.1, 0.15) is 35.5 Å². The number of morpholine rings is 1. The molecule has 0 bridgehead atoms. The molecule has 0 radical (unpaired) electrons. The molecule has 2 aliphatic heterocycles. The first-order chi connectivity index (χ1) is 19.9. The van der Waals surface area contributed by atoms with Crippen LogP contribution in [0.15, 0.2) is 41.3 Å². The summed E-state index contributed by atoms with van der Waals surface area (Å²) in [5.41, 5.74) is 0.886. The molecule has 12 nitrogen and oxygen atoms in total. The Morgan fingerprint density at radius 2 is 1.76 bits per heavy atom. The summed E-state index contributed by atoms with van der Waals surface area (Å²) < 4.78 is 61.1. The molecular formula is C27H31F2N7O5S. The summed E-state index contributed by atoms with van der Waals surface area (Å²) in [6.45, 7) is 6.03. The molecule has 5 rings (SSSR count). The van der Waals surface area contributed by atoms with Crippen molar-refractivity contribution in [1.82, 2.24) is 19.8 Å². The Kier molecular flexibility index (Phi) is 8.02. The first-order valence-corrected chi connectivity index (χ1v) is 14.7. The van der Waals surface area contributed by atoms with Crippen molar-refractivity contribution in [3.05, 3.63) is 64.9 Å². The lowest BCUT2D eigenvalue weighted by atomic mass is 10.0. The molecule has 3 heterocycles. The molecule has 0 spiro atoms. The van der Waals surface area contributed by atoms with E-state index >= 15 is 0 Å². The highest BCUT2D eigenvalue weighted by Gasteiger charge is 2.41. The van der Waals surface area contributed by atoms with E-state index in [1.165, 1.54) is 0 Å². The Labute approximate surface area is 241 Å². The van der Waals surface area contributed by atoms with E-state index < -0.39 is 38.0 Å². The number of ether oxygens (including phenoxy) is 1. The van der Waals surface area contributed by atoms with Crippen LogP contribution >= 0.6 is 0 Å². The maximum absolute atomic E-state index is 13.9. The van der Waals surface area contributed by atoms with Crippen LogP contribution in [0.25, 0.3) is 0 Å². The standard InChI is InChI=1S/C27H31F2N7O5S/c1-27(2)24-21(14-31-27)25(34-36(24)42(39,40)19-11-16(28)10-17(29)12-19)33-26(38)20-5-4-18(35-6-8-41-9-7-35)13-22(20)32-23(37)15-30-3/h4-5,10-13,30-31H,6-9,14-15H2,1-3H3,(H,32,37)(H,33,34,38). The van der Waals surface area contributed by atoms with Crippen LogP contribution in [-0.4, -0.2) is 69.3 Å². The number of fused-ring (bicyclic) bond motifs is 1. The van der Waals surface area contributed by atoms with E-state index in [0.29, 0.717) is 54.2 Å². The Morgan fingerprint density at radius 3 is 2.43 bits per heavy atom. The highest BCUT2D eigenvalue weighted by Crippen LogP contribution is 2.37. The molecule has 224 valence electrons. The maximum Gasteiger partial charge on any atom is 0.283 e. The fourth-order valence-electron chi connectivity index (χ4n) is 5.04. The average molecular weight is 604 g/mol. The third kappa shape index (κ3) is 5.72. The van der Waals surface area contributed by atoms with Gasteiger partial charge < -0.3 is 30.9 Å². The molecule has 42 heavy (non-hydrogen) atoms. The molecule has 2 amide bonds. The highest BCUT2D eigenvalue weighted by molar-refractivity contribution is 7.89. The number of amides is 2. The van der Waals surface area contributed by atoms with E-state index in [1.54, 1.807) is 39.1 Å². The van der Waals surface area contributed by atoms with E-state index in [0.717, 1.165) is 5.69 Å². The summed E-state index contributed by atoms with van der Waals surface area (Å²) in [5, 5.41) is 15.6. The van der Waals surface area contributed by atoms with Crippen molar-refractivity contribution >= 4 is 39.0 Å². The molecule has 15 heteroatoms. The number of anilines is 3. The zero-order chi connectivity index (χ0) is 30.2. The van der Waals surface area contributed by atoms with Crippen molar-refractivity contribution in [2.45, 2.75) is 30.8 Å². The molecule has 1 saturated heterocycles. The normalized spacial score (nSPS) is 16.3. The van der Waals surface area contributed by atoms with Crippen LogP contribution in [0.4, 0.5) is 26.0 Å². The summed E-state index contributed by atoms with van der Waals surface area (Å²) in [6.07, 6.45) is 0. The molecule has 2 aromatic carbocycles. The predicted molar refractivity (Wildman–Crippen MR) is 151 cm³/mol. The van der Waals surface area contributed by atoms with Crippen LogP contribution < -0.4 is 26.2 Å². The van der Waals surface area contributed by atoms with Crippen molar-refractivity contribution < 1.29 is 31.5 Å². The summed E-state index contributed by atoms with van der Waals surface area (Å²) in [6, 6.07) is 7.00. The van der Waals surface area contributed by atoms with Gasteiger partial charge in [0.15, 0.2) is 5.82 Å². The Morgan fingerprint density at radius 1 is 1.07 bits per heavy atom. The van der Waals surface area contributed by atoms with Gasteiger partial charge in [0.1, 0.15) is 11.6 Å². The summed E-state index contributed by atoms with van der Waals surface area (Å²) >= 11 is 0. The largest absolute Gasteiger partial charge is 0.378 e. The first kappa shape index (κ1) is 29.6. The van der Waals surface area contributed by atoms with Gasteiger partial charge in [-0.1, -0.05) is 0 Å². The van der Waals surface area contributed by atoms with E-state index in [1.807, 2.05) is 0 Å². The second-order valence-electron chi connectivity index (χ2n) is 10.5. The number of halogens is 2. The third-order valence-electron chi connectivity index (χ3n) is 7.08. The molecule has 4 N–H and O–H groups in total. The number of nitrogens with one attached hydrogen (secondary N) is 4. The predicted octanol–water partition coefficient (Wildman–Crippen LogP) is 1.98. The summed E-state index contributed by atoms with van der Waals surface area (Å²) in [4.78, 5) is 27.5. The highest BCUT2D eigenvalue weighted by atomic mass is 32.2. The fourth-order valence-corrected chi connectivity index (χ4v) is 6.53. The van der Waals surface area contributed by atoms with Gasteiger partial charge in [0.2, 0.25) is 5.91 Å². The minimum atomic E-state index is -4.55. The number of likely N-dealkylation sites (N-methyl/N-ethyl adjacent to an activating group) is 1. The minimum Gasteiger partial charge on any atom is -0.378 e. The third-order valence-corrected chi connectivity index (χ3v) is 8.63. The van der Waals surface area contributed by atoms with Gasteiger partial charge in [-0.25, -0.2) is 8.78 Å². The summed E-state index contributed by atoms with van der Waals surface area (Å²) in [7, 11) is -2.93. The van der Waals surface area contributed by atoms with Crippen LogP contribution in [-0.2, 0) is 31.6 Å².